The molecule has 3 rings (SSSR count). The van der Waals surface area contributed by atoms with Crippen LogP contribution in [0.2, 0.25) is 5.02 Å². The molecule has 18 heavy (non-hydrogen) atoms. The van der Waals surface area contributed by atoms with Crippen molar-refractivity contribution in [1.82, 2.24) is 0 Å². The summed E-state index contributed by atoms with van der Waals surface area (Å²) in [4.78, 5) is 13.3. The molecule has 90 valence electrons. The molecule has 1 heterocycles. The van der Waals surface area contributed by atoms with E-state index >= 15 is 0 Å². The van der Waals surface area contributed by atoms with Gasteiger partial charge in [-0.1, -0.05) is 41.6 Å². The fourth-order valence-corrected chi connectivity index (χ4v) is 3.35. The van der Waals surface area contributed by atoms with E-state index in [0.29, 0.717) is 15.5 Å². The predicted molar refractivity (Wildman–Crippen MR) is 70.0 cm³/mol. The molecule has 0 fully saturated rings. The number of halogens is 2. The van der Waals surface area contributed by atoms with Crippen LogP contribution in [-0.2, 0) is 6.42 Å². The molecule has 0 N–H and O–H groups in total. The Morgan fingerprint density at radius 2 is 2.06 bits per heavy atom. The number of hydrogen-bond donors (Lipinski definition) is 0. The van der Waals surface area contributed by atoms with Gasteiger partial charge in [0.15, 0.2) is 5.78 Å². The summed E-state index contributed by atoms with van der Waals surface area (Å²) in [5, 5.41) is 0.591. The molecule has 0 saturated carbocycles. The Bertz CT molecular complexity index is 654. The summed E-state index contributed by atoms with van der Waals surface area (Å²) in [6.45, 7) is 0. The maximum atomic E-state index is 13.8. The van der Waals surface area contributed by atoms with Crippen molar-refractivity contribution in [2.75, 3.05) is 0 Å². The molecule has 0 atom stereocenters. The highest BCUT2D eigenvalue weighted by atomic mass is 35.5. The van der Waals surface area contributed by atoms with Crippen molar-refractivity contribution >= 4 is 29.1 Å². The number of rotatable bonds is 0. The number of hydrogen-bond acceptors (Lipinski definition) is 2. The van der Waals surface area contributed by atoms with Gasteiger partial charge in [-0.05, 0) is 23.8 Å². The molecule has 2 aromatic rings. The first-order valence-corrected chi connectivity index (χ1v) is 6.62. The van der Waals surface area contributed by atoms with Gasteiger partial charge in [0.1, 0.15) is 5.82 Å². The lowest BCUT2D eigenvalue weighted by Crippen LogP contribution is -2.03. The zero-order valence-electron chi connectivity index (χ0n) is 9.24. The van der Waals surface area contributed by atoms with Crippen molar-refractivity contribution in [1.29, 1.82) is 0 Å². The van der Waals surface area contributed by atoms with Crippen LogP contribution in [0.1, 0.15) is 15.9 Å². The summed E-state index contributed by atoms with van der Waals surface area (Å²) >= 11 is 7.21. The normalized spacial score (nSPS) is 13.8. The van der Waals surface area contributed by atoms with Gasteiger partial charge >= 0.3 is 0 Å². The van der Waals surface area contributed by atoms with E-state index < -0.39 is 0 Å². The van der Waals surface area contributed by atoms with E-state index in [1.165, 1.54) is 17.8 Å². The molecule has 4 heteroatoms. The summed E-state index contributed by atoms with van der Waals surface area (Å²) in [6, 6.07) is 9.95. The number of carbonyl (C=O) groups excluding carboxylic acids is 1. The van der Waals surface area contributed by atoms with Crippen LogP contribution in [-0.4, -0.2) is 5.78 Å². The minimum atomic E-state index is -0.362. The summed E-state index contributed by atoms with van der Waals surface area (Å²) in [5.41, 5.74) is 1.34. The maximum Gasteiger partial charge on any atom is 0.168 e. The number of carbonyl (C=O) groups is 1. The Hall–Kier alpha value is -1.32. The molecule has 1 nitrogen and oxygen atoms in total. The van der Waals surface area contributed by atoms with Crippen LogP contribution in [0.15, 0.2) is 46.2 Å². The number of benzene rings is 2. The first kappa shape index (κ1) is 11.8. The molecule has 0 amide bonds. The molecule has 1 aliphatic heterocycles. The van der Waals surface area contributed by atoms with Gasteiger partial charge in [0.25, 0.3) is 0 Å². The highest BCUT2D eigenvalue weighted by molar-refractivity contribution is 7.99. The SMILES string of the molecule is O=C1Cc2ccc(Cl)cc2Sc2c(F)cccc21. The van der Waals surface area contributed by atoms with Crippen LogP contribution >= 0.6 is 23.4 Å². The Labute approximate surface area is 113 Å². The van der Waals surface area contributed by atoms with E-state index in [1.807, 2.05) is 6.07 Å². The summed E-state index contributed by atoms with van der Waals surface area (Å²) in [5.74, 6) is -0.420. The van der Waals surface area contributed by atoms with Crippen molar-refractivity contribution in [3.63, 3.8) is 0 Å². The predicted octanol–water partition coefficient (Wildman–Crippen LogP) is 4.37. The average molecular weight is 279 g/mol. The van der Waals surface area contributed by atoms with Gasteiger partial charge in [-0.2, -0.15) is 0 Å². The highest BCUT2D eigenvalue weighted by Gasteiger charge is 2.22. The summed E-state index contributed by atoms with van der Waals surface area (Å²) < 4.78 is 13.8. The van der Waals surface area contributed by atoms with E-state index in [2.05, 4.69) is 0 Å². The summed E-state index contributed by atoms with van der Waals surface area (Å²) in [7, 11) is 0. The van der Waals surface area contributed by atoms with Gasteiger partial charge in [-0.3, -0.25) is 4.79 Å². The van der Waals surface area contributed by atoms with Crippen LogP contribution < -0.4 is 0 Å². The van der Waals surface area contributed by atoms with E-state index in [4.69, 9.17) is 11.6 Å². The second-order valence-electron chi connectivity index (χ2n) is 4.07. The van der Waals surface area contributed by atoms with Gasteiger partial charge in [-0.15, -0.1) is 0 Å². The van der Waals surface area contributed by atoms with Gasteiger partial charge in [0.2, 0.25) is 0 Å². The first-order valence-electron chi connectivity index (χ1n) is 5.43. The standard InChI is InChI=1S/C14H8ClFOS/c15-9-5-4-8-6-12(17)10-2-1-3-11(16)14(10)18-13(8)7-9/h1-5,7H,6H2. The van der Waals surface area contributed by atoms with Gasteiger partial charge in [0.05, 0.1) is 4.90 Å². The zero-order valence-corrected chi connectivity index (χ0v) is 10.8. The third kappa shape index (κ3) is 1.93. The van der Waals surface area contributed by atoms with Crippen LogP contribution in [0, 0.1) is 5.82 Å². The van der Waals surface area contributed by atoms with Gasteiger partial charge in [0, 0.05) is 21.9 Å². The van der Waals surface area contributed by atoms with Crippen molar-refractivity contribution in [2.45, 2.75) is 16.2 Å². The molecule has 0 unspecified atom stereocenters. The second-order valence-corrected chi connectivity index (χ2v) is 5.56. The molecule has 1 aliphatic rings. The zero-order chi connectivity index (χ0) is 12.7. The van der Waals surface area contributed by atoms with E-state index in [1.54, 1.807) is 24.3 Å². The second kappa shape index (κ2) is 4.41. The average Bonchev–Trinajstić information content (AvgIpc) is 2.47. The van der Waals surface area contributed by atoms with Crippen molar-refractivity contribution in [3.8, 4) is 0 Å². The Kier molecular flexibility index (Phi) is 2.88. The molecule has 0 aliphatic carbocycles. The minimum absolute atomic E-state index is 0.0573. The monoisotopic (exact) mass is 278 g/mol. The summed E-state index contributed by atoms with van der Waals surface area (Å²) in [6.07, 6.45) is 0.288. The Balaban J connectivity index is 2.21. The van der Waals surface area contributed by atoms with Crippen LogP contribution in [0.25, 0.3) is 0 Å². The third-order valence-corrected chi connectivity index (χ3v) is 4.31. The smallest absolute Gasteiger partial charge is 0.168 e. The van der Waals surface area contributed by atoms with Crippen molar-refractivity contribution in [3.05, 3.63) is 58.4 Å². The quantitative estimate of drug-likeness (QED) is 0.712. The fraction of sp³-hybridized carbons (Fsp3) is 0.0714. The highest BCUT2D eigenvalue weighted by Crippen LogP contribution is 2.39. The van der Waals surface area contributed by atoms with Crippen LogP contribution in [0.3, 0.4) is 0 Å². The van der Waals surface area contributed by atoms with E-state index in [9.17, 15) is 9.18 Å². The lowest BCUT2D eigenvalue weighted by Gasteiger charge is -2.06. The van der Waals surface area contributed by atoms with Crippen LogP contribution in [0.5, 0.6) is 0 Å². The fourth-order valence-electron chi connectivity index (χ4n) is 1.98. The molecular formula is C14H8ClFOS. The largest absolute Gasteiger partial charge is 0.294 e. The van der Waals surface area contributed by atoms with Crippen LogP contribution in [0.4, 0.5) is 4.39 Å². The molecule has 0 bridgehead atoms. The van der Waals surface area contributed by atoms with Gasteiger partial charge < -0.3 is 0 Å². The first-order chi connectivity index (χ1) is 8.65. The molecular weight excluding hydrogens is 271 g/mol. The van der Waals surface area contributed by atoms with E-state index in [-0.39, 0.29) is 18.0 Å². The Morgan fingerprint density at radius 1 is 1.22 bits per heavy atom. The lowest BCUT2D eigenvalue weighted by molar-refractivity contribution is 0.0989. The lowest BCUT2D eigenvalue weighted by atomic mass is 10.0. The van der Waals surface area contributed by atoms with Gasteiger partial charge in [-0.25, -0.2) is 4.39 Å². The molecule has 0 radical (unpaired) electrons. The number of fused-ring (bicyclic) bond motifs is 2. The van der Waals surface area contributed by atoms with Crippen molar-refractivity contribution in [2.24, 2.45) is 0 Å². The molecule has 2 aromatic carbocycles. The number of Topliss-reactive ketones (excluding diaryl/α,β-unsaturated/α-hetero) is 1. The number of ketones is 1. The minimum Gasteiger partial charge on any atom is -0.294 e. The molecule has 0 spiro atoms. The molecule has 0 saturated heterocycles. The van der Waals surface area contributed by atoms with E-state index in [0.717, 1.165) is 10.5 Å². The topological polar surface area (TPSA) is 17.1 Å². The van der Waals surface area contributed by atoms with Crippen molar-refractivity contribution < 1.29 is 9.18 Å². The Morgan fingerprint density at radius 3 is 2.89 bits per heavy atom. The third-order valence-electron chi connectivity index (χ3n) is 2.86. The molecule has 0 aromatic heterocycles. The maximum absolute atomic E-state index is 13.8.